The molecule has 0 aliphatic carbocycles. The Morgan fingerprint density at radius 1 is 1.27 bits per heavy atom. The summed E-state index contributed by atoms with van der Waals surface area (Å²) in [4.78, 5) is 2.38. The first-order chi connectivity index (χ1) is 7.24. The van der Waals surface area contributed by atoms with Crippen LogP contribution in [-0.2, 0) is 9.47 Å². The summed E-state index contributed by atoms with van der Waals surface area (Å²) in [6, 6.07) is 0.346. The molecule has 0 aromatic heterocycles. The standard InChI is InChI=1S/C11H24N2O2/c1-10-8-13(9-11(10)12)4-7-15-6-3-5-14-2/h10-11H,3-9,12H2,1-2H3. The molecule has 1 rings (SSSR count). The molecule has 0 spiro atoms. The van der Waals surface area contributed by atoms with E-state index in [2.05, 4.69) is 11.8 Å². The highest BCUT2D eigenvalue weighted by atomic mass is 16.5. The van der Waals surface area contributed by atoms with Gasteiger partial charge in [-0.15, -0.1) is 0 Å². The van der Waals surface area contributed by atoms with E-state index < -0.39 is 0 Å². The van der Waals surface area contributed by atoms with Gasteiger partial charge in [-0.25, -0.2) is 0 Å². The van der Waals surface area contributed by atoms with Crippen LogP contribution in [-0.4, -0.2) is 57.5 Å². The molecule has 0 bridgehead atoms. The van der Waals surface area contributed by atoms with E-state index in [1.807, 2.05) is 0 Å². The van der Waals surface area contributed by atoms with Crippen molar-refractivity contribution in [1.29, 1.82) is 0 Å². The van der Waals surface area contributed by atoms with Crippen molar-refractivity contribution in [2.75, 3.05) is 46.6 Å². The molecular weight excluding hydrogens is 192 g/mol. The molecule has 0 saturated carbocycles. The zero-order valence-electron chi connectivity index (χ0n) is 9.95. The summed E-state index contributed by atoms with van der Waals surface area (Å²) < 4.78 is 10.4. The average molecular weight is 216 g/mol. The van der Waals surface area contributed by atoms with Gasteiger partial charge in [-0.05, 0) is 12.3 Å². The number of ether oxygens (including phenoxy) is 2. The lowest BCUT2D eigenvalue weighted by Gasteiger charge is -2.14. The Morgan fingerprint density at radius 2 is 2.07 bits per heavy atom. The van der Waals surface area contributed by atoms with Crippen molar-refractivity contribution in [3.63, 3.8) is 0 Å². The number of likely N-dealkylation sites (tertiary alicyclic amines) is 1. The van der Waals surface area contributed by atoms with Crippen molar-refractivity contribution >= 4 is 0 Å². The number of methoxy groups -OCH3 is 1. The molecule has 1 aliphatic heterocycles. The monoisotopic (exact) mass is 216 g/mol. The lowest BCUT2D eigenvalue weighted by molar-refractivity contribution is 0.0878. The third-order valence-electron chi connectivity index (χ3n) is 2.94. The summed E-state index contributed by atoms with van der Waals surface area (Å²) >= 11 is 0. The highest BCUT2D eigenvalue weighted by Gasteiger charge is 2.25. The van der Waals surface area contributed by atoms with Crippen molar-refractivity contribution < 1.29 is 9.47 Å². The third-order valence-corrected chi connectivity index (χ3v) is 2.94. The van der Waals surface area contributed by atoms with E-state index in [1.165, 1.54) is 0 Å². The predicted molar refractivity (Wildman–Crippen MR) is 60.9 cm³/mol. The molecule has 0 radical (unpaired) electrons. The Labute approximate surface area is 92.7 Å². The van der Waals surface area contributed by atoms with Crippen LogP contribution >= 0.6 is 0 Å². The van der Waals surface area contributed by atoms with Crippen LogP contribution in [0.2, 0.25) is 0 Å². The zero-order valence-corrected chi connectivity index (χ0v) is 9.95. The fraction of sp³-hybridized carbons (Fsp3) is 1.00. The molecule has 4 heteroatoms. The van der Waals surface area contributed by atoms with E-state index in [0.29, 0.717) is 12.0 Å². The van der Waals surface area contributed by atoms with Crippen molar-refractivity contribution in [2.45, 2.75) is 19.4 Å². The molecule has 1 fully saturated rings. The Kier molecular flexibility index (Phi) is 6.17. The number of nitrogens with two attached hydrogens (primary N) is 1. The second-order valence-electron chi connectivity index (χ2n) is 4.36. The van der Waals surface area contributed by atoms with Gasteiger partial charge in [0.1, 0.15) is 0 Å². The minimum absolute atomic E-state index is 0.346. The number of nitrogens with zero attached hydrogens (tertiary/aromatic N) is 1. The van der Waals surface area contributed by atoms with Gasteiger partial charge in [0.05, 0.1) is 6.61 Å². The van der Waals surface area contributed by atoms with E-state index in [1.54, 1.807) is 7.11 Å². The van der Waals surface area contributed by atoms with Crippen LogP contribution in [0.4, 0.5) is 0 Å². The molecule has 4 nitrogen and oxygen atoms in total. The molecule has 0 amide bonds. The molecule has 1 heterocycles. The number of hydrogen-bond acceptors (Lipinski definition) is 4. The molecule has 2 N–H and O–H groups in total. The second kappa shape index (κ2) is 7.17. The van der Waals surface area contributed by atoms with Gasteiger partial charge in [0.2, 0.25) is 0 Å². The summed E-state index contributed by atoms with van der Waals surface area (Å²) in [6.07, 6.45) is 0.979. The Morgan fingerprint density at radius 3 is 2.67 bits per heavy atom. The maximum Gasteiger partial charge on any atom is 0.0593 e. The van der Waals surface area contributed by atoms with Gasteiger partial charge < -0.3 is 15.2 Å². The maximum absolute atomic E-state index is 5.94. The molecule has 2 unspecified atom stereocenters. The van der Waals surface area contributed by atoms with E-state index in [-0.39, 0.29) is 0 Å². The van der Waals surface area contributed by atoms with Gasteiger partial charge in [0, 0.05) is 46.0 Å². The normalized spacial score (nSPS) is 27.4. The van der Waals surface area contributed by atoms with Gasteiger partial charge in [-0.1, -0.05) is 6.92 Å². The van der Waals surface area contributed by atoms with Crippen LogP contribution in [0.3, 0.4) is 0 Å². The third kappa shape index (κ3) is 4.93. The molecule has 0 aromatic rings. The Hall–Kier alpha value is -0.160. The minimum atomic E-state index is 0.346. The van der Waals surface area contributed by atoms with Crippen LogP contribution in [0.25, 0.3) is 0 Å². The van der Waals surface area contributed by atoms with Crippen molar-refractivity contribution in [2.24, 2.45) is 11.7 Å². The van der Waals surface area contributed by atoms with Crippen LogP contribution < -0.4 is 5.73 Å². The predicted octanol–water partition coefficient (Wildman–Crippen LogP) is 0.319. The molecule has 15 heavy (non-hydrogen) atoms. The summed E-state index contributed by atoms with van der Waals surface area (Å²) in [6.45, 7) is 7.73. The van der Waals surface area contributed by atoms with E-state index in [4.69, 9.17) is 15.2 Å². The molecule has 0 aromatic carbocycles. The topological polar surface area (TPSA) is 47.7 Å². The van der Waals surface area contributed by atoms with Crippen molar-refractivity contribution in [3.8, 4) is 0 Å². The quantitative estimate of drug-likeness (QED) is 0.623. The minimum Gasteiger partial charge on any atom is -0.385 e. The van der Waals surface area contributed by atoms with Crippen molar-refractivity contribution in [3.05, 3.63) is 0 Å². The summed E-state index contributed by atoms with van der Waals surface area (Å²) in [5.74, 6) is 0.624. The lowest BCUT2D eigenvalue weighted by atomic mass is 10.1. The Bertz CT molecular complexity index is 157. The Balaban J connectivity index is 1.92. The van der Waals surface area contributed by atoms with Gasteiger partial charge in [0.25, 0.3) is 0 Å². The van der Waals surface area contributed by atoms with Gasteiger partial charge in [-0.3, -0.25) is 4.90 Å². The smallest absolute Gasteiger partial charge is 0.0593 e. The highest BCUT2D eigenvalue weighted by Crippen LogP contribution is 2.13. The van der Waals surface area contributed by atoms with Gasteiger partial charge >= 0.3 is 0 Å². The molecule has 2 atom stereocenters. The van der Waals surface area contributed by atoms with Crippen LogP contribution in [0, 0.1) is 5.92 Å². The average Bonchev–Trinajstić information content (AvgIpc) is 2.52. The first-order valence-electron chi connectivity index (χ1n) is 5.78. The van der Waals surface area contributed by atoms with Gasteiger partial charge in [-0.2, -0.15) is 0 Å². The van der Waals surface area contributed by atoms with Crippen molar-refractivity contribution in [1.82, 2.24) is 4.90 Å². The molecule has 1 saturated heterocycles. The van der Waals surface area contributed by atoms with Gasteiger partial charge in [0.15, 0.2) is 0 Å². The summed E-state index contributed by atoms with van der Waals surface area (Å²) in [5, 5.41) is 0. The summed E-state index contributed by atoms with van der Waals surface area (Å²) in [7, 11) is 1.72. The fourth-order valence-corrected chi connectivity index (χ4v) is 1.88. The van der Waals surface area contributed by atoms with E-state index in [0.717, 1.165) is 45.9 Å². The highest BCUT2D eigenvalue weighted by molar-refractivity contribution is 4.83. The van der Waals surface area contributed by atoms with E-state index in [9.17, 15) is 0 Å². The molecule has 90 valence electrons. The SMILES string of the molecule is COCCCOCCN1CC(C)C(N)C1. The summed E-state index contributed by atoms with van der Waals surface area (Å²) in [5.41, 5.74) is 5.94. The maximum atomic E-state index is 5.94. The van der Waals surface area contributed by atoms with E-state index >= 15 is 0 Å². The first kappa shape index (κ1) is 12.9. The largest absolute Gasteiger partial charge is 0.385 e. The van der Waals surface area contributed by atoms with Crippen LogP contribution in [0.5, 0.6) is 0 Å². The first-order valence-corrected chi connectivity index (χ1v) is 5.78. The fourth-order valence-electron chi connectivity index (χ4n) is 1.88. The zero-order chi connectivity index (χ0) is 11.1. The van der Waals surface area contributed by atoms with Crippen LogP contribution in [0.1, 0.15) is 13.3 Å². The number of hydrogen-bond donors (Lipinski definition) is 1. The second-order valence-corrected chi connectivity index (χ2v) is 4.36. The molecular formula is C11H24N2O2. The van der Waals surface area contributed by atoms with Crippen LogP contribution in [0.15, 0.2) is 0 Å². The number of rotatable bonds is 7. The lowest BCUT2D eigenvalue weighted by Crippen LogP contribution is -2.30. The molecule has 1 aliphatic rings.